The number of hydrogen-bond acceptors (Lipinski definition) is 9. The molecule has 0 aromatic heterocycles. The molecule has 0 bridgehead atoms. The summed E-state index contributed by atoms with van der Waals surface area (Å²) in [6.45, 7) is 13.4. The van der Waals surface area contributed by atoms with E-state index in [0.29, 0.717) is 23.3 Å². The van der Waals surface area contributed by atoms with E-state index in [4.69, 9.17) is 0 Å². The van der Waals surface area contributed by atoms with Crippen molar-refractivity contribution in [2.24, 2.45) is 5.41 Å². The Balaban J connectivity index is 1.07. The number of carbonyl (C=O) groups excluding carboxylic acids is 7. The smallest absolute Gasteiger partial charge is 0.251 e. The number of hydrogen-bond donors (Lipinski definition) is 7. The fourth-order valence-electron chi connectivity index (χ4n) is 10.8. The van der Waals surface area contributed by atoms with Crippen molar-refractivity contribution in [3.05, 3.63) is 106 Å². The maximum Gasteiger partial charge on any atom is 0.251 e. The Morgan fingerprint density at radius 1 is 0.667 bits per heavy atom. The third-order valence-electron chi connectivity index (χ3n) is 15.2. The van der Waals surface area contributed by atoms with E-state index in [2.05, 4.69) is 68.5 Å². The number of amides is 7. The zero-order valence-electron chi connectivity index (χ0n) is 43.7. The Morgan fingerprint density at radius 2 is 1.19 bits per heavy atom. The average molecular weight is 1000 g/mol. The fourth-order valence-corrected chi connectivity index (χ4v) is 13.7. The molecule has 7 rings (SSSR count). The van der Waals surface area contributed by atoms with Gasteiger partial charge in [-0.3, -0.25) is 33.6 Å². The van der Waals surface area contributed by atoms with Crippen molar-refractivity contribution >= 4 is 49.4 Å². The number of carbonyl (C=O) groups is 7. The van der Waals surface area contributed by atoms with Crippen LogP contribution in [0.2, 0.25) is 19.1 Å². The SMILES string of the molecule is CNC(C)C(=O)NC(Cc1ccc(C(=O)N[C@H]2C[C@@H](C(=O)N[C@@H]3CCCc4ccccc43)N(C(=O)C(NC(=O)C(C)NC)C(C)(C)C)C2)cc1)C(=O)N1C[Si](C)(C)CC1C(=O)N[C@@H]1CCCc2ccccc21. The predicted octanol–water partition coefficient (Wildman–Crippen LogP) is 4.01. The number of fused-ring (bicyclic) bond motifs is 2. The van der Waals surface area contributed by atoms with Gasteiger partial charge in [-0.1, -0.05) is 94.5 Å². The van der Waals surface area contributed by atoms with Crippen LogP contribution >= 0.6 is 0 Å². The predicted molar refractivity (Wildman–Crippen MR) is 280 cm³/mol. The monoisotopic (exact) mass is 1000 g/mol. The molecule has 2 saturated heterocycles. The second-order valence-electron chi connectivity index (χ2n) is 22.4. The van der Waals surface area contributed by atoms with Gasteiger partial charge in [-0.2, -0.15) is 0 Å². The summed E-state index contributed by atoms with van der Waals surface area (Å²) in [6.07, 6.45) is 6.07. The van der Waals surface area contributed by atoms with E-state index in [0.717, 1.165) is 49.7 Å². The summed E-state index contributed by atoms with van der Waals surface area (Å²) in [6, 6.07) is 18.0. The maximum atomic E-state index is 14.8. The van der Waals surface area contributed by atoms with Crippen LogP contribution in [0.25, 0.3) is 0 Å². The molecule has 2 aliphatic carbocycles. The maximum absolute atomic E-state index is 14.8. The van der Waals surface area contributed by atoms with Crippen molar-refractivity contribution < 1.29 is 33.6 Å². The molecule has 72 heavy (non-hydrogen) atoms. The van der Waals surface area contributed by atoms with Crippen molar-refractivity contribution in [1.82, 2.24) is 47.0 Å². The van der Waals surface area contributed by atoms with Crippen LogP contribution in [-0.4, -0.2) is 128 Å². The Hall–Kier alpha value is -5.91. The number of nitrogens with zero attached hydrogens (tertiary/aromatic N) is 2. The van der Waals surface area contributed by atoms with Gasteiger partial charge in [-0.25, -0.2) is 0 Å². The summed E-state index contributed by atoms with van der Waals surface area (Å²) < 4.78 is 0. The highest BCUT2D eigenvalue weighted by molar-refractivity contribution is 6.79. The van der Waals surface area contributed by atoms with Crippen molar-refractivity contribution in [3.8, 4) is 0 Å². The quantitative estimate of drug-likeness (QED) is 0.103. The largest absolute Gasteiger partial charge is 0.348 e. The lowest BCUT2D eigenvalue weighted by molar-refractivity contribution is -0.144. The van der Waals surface area contributed by atoms with Crippen LogP contribution in [0.5, 0.6) is 0 Å². The van der Waals surface area contributed by atoms with Gasteiger partial charge in [0.05, 0.1) is 32.2 Å². The van der Waals surface area contributed by atoms with Crippen LogP contribution in [0.1, 0.15) is 117 Å². The third-order valence-corrected chi connectivity index (χ3v) is 17.9. The fraction of sp³-hybridized carbons (Fsp3) is 0.545. The van der Waals surface area contributed by atoms with Gasteiger partial charge in [-0.15, -0.1) is 0 Å². The molecule has 2 aliphatic heterocycles. The number of aryl methyl sites for hydroxylation is 2. The average Bonchev–Trinajstić information content (AvgIpc) is 3.94. The summed E-state index contributed by atoms with van der Waals surface area (Å²) in [5.74, 6) is -2.35. The van der Waals surface area contributed by atoms with Crippen molar-refractivity contribution in [3.63, 3.8) is 0 Å². The molecule has 16 nitrogen and oxygen atoms in total. The van der Waals surface area contributed by atoms with Gasteiger partial charge < -0.3 is 47.0 Å². The number of likely N-dealkylation sites (N-methyl/N-ethyl adjacent to an activating group) is 2. The molecule has 4 aliphatic rings. The first-order valence-electron chi connectivity index (χ1n) is 25.9. The topological polar surface area (TPSA) is 210 Å². The first-order chi connectivity index (χ1) is 34.2. The molecule has 0 spiro atoms. The van der Waals surface area contributed by atoms with Gasteiger partial charge >= 0.3 is 0 Å². The van der Waals surface area contributed by atoms with Crippen LogP contribution in [0.3, 0.4) is 0 Å². The standard InChI is InChI=1S/C55H77N9O7Si/c1-33(56-6)48(65)61-44(53(70)64-32-72(8,9)31-46(64)52(69)60-43-23-15-19-37-17-11-13-21-41(37)43)28-35-24-26-38(27-25-35)50(67)58-39-29-45(51(68)59-42-22-14-18-36-16-10-12-20-40(36)42)63(30-39)54(71)47(55(3,4)5)62-49(66)34(2)57-7/h10-13,16-17,20-21,24-27,33-34,39,42-47,56-57H,14-15,18-19,22-23,28-32H2,1-9H3,(H,58,67)(H,59,68)(H,60,69)(H,61,65)(H,62,66)/t33?,34?,39-,42+,43+,44?,45-,46?,47?/m0/s1. The van der Waals surface area contributed by atoms with Gasteiger partial charge in [-0.05, 0) is 124 Å². The molecular weight excluding hydrogens is 927 g/mol. The molecule has 2 heterocycles. The van der Waals surface area contributed by atoms with Gasteiger partial charge in [0.2, 0.25) is 35.4 Å². The molecule has 2 fully saturated rings. The zero-order chi connectivity index (χ0) is 52.1. The molecule has 9 atom stereocenters. The minimum absolute atomic E-state index is 0.0453. The van der Waals surface area contributed by atoms with Gasteiger partial charge in [0.15, 0.2) is 0 Å². The van der Waals surface area contributed by atoms with Gasteiger partial charge in [0.25, 0.3) is 5.91 Å². The van der Waals surface area contributed by atoms with Crippen molar-refractivity contribution in [2.45, 2.75) is 159 Å². The lowest BCUT2D eigenvalue weighted by Crippen LogP contribution is -2.59. The number of likely N-dealkylation sites (tertiary alicyclic amines) is 1. The minimum atomic E-state index is -2.03. The highest BCUT2D eigenvalue weighted by Gasteiger charge is 2.48. The third kappa shape index (κ3) is 12.6. The van der Waals surface area contributed by atoms with Gasteiger partial charge in [0, 0.05) is 30.7 Å². The van der Waals surface area contributed by atoms with Crippen LogP contribution in [0.15, 0.2) is 72.8 Å². The summed E-state index contributed by atoms with van der Waals surface area (Å²) in [4.78, 5) is 102. The molecule has 388 valence electrons. The summed E-state index contributed by atoms with van der Waals surface area (Å²) in [5.41, 5.74) is 4.90. The van der Waals surface area contributed by atoms with E-state index in [1.807, 2.05) is 51.1 Å². The molecule has 0 saturated carbocycles. The van der Waals surface area contributed by atoms with E-state index in [1.54, 1.807) is 57.1 Å². The summed E-state index contributed by atoms with van der Waals surface area (Å²) in [5, 5.41) is 21.4. The molecule has 0 radical (unpaired) electrons. The molecule has 7 N–H and O–H groups in total. The Labute approximate surface area is 426 Å². The zero-order valence-corrected chi connectivity index (χ0v) is 44.7. The van der Waals surface area contributed by atoms with E-state index in [-0.39, 0.29) is 61.0 Å². The lowest BCUT2D eigenvalue weighted by Gasteiger charge is -2.36. The van der Waals surface area contributed by atoms with Crippen LogP contribution < -0.4 is 37.2 Å². The van der Waals surface area contributed by atoms with Gasteiger partial charge in [0.1, 0.15) is 24.2 Å². The summed E-state index contributed by atoms with van der Waals surface area (Å²) in [7, 11) is 1.31. The van der Waals surface area contributed by atoms with E-state index < -0.39 is 67.6 Å². The highest BCUT2D eigenvalue weighted by Crippen LogP contribution is 2.34. The van der Waals surface area contributed by atoms with E-state index >= 15 is 0 Å². The molecule has 5 unspecified atom stereocenters. The van der Waals surface area contributed by atoms with Crippen LogP contribution in [-0.2, 0) is 48.0 Å². The number of rotatable bonds is 16. The molecule has 3 aromatic carbocycles. The molecule has 17 heteroatoms. The Bertz CT molecular complexity index is 2490. The molecule has 3 aromatic rings. The highest BCUT2D eigenvalue weighted by atomic mass is 28.3. The van der Waals surface area contributed by atoms with Crippen molar-refractivity contribution in [1.29, 1.82) is 0 Å². The normalized spacial score (nSPS) is 23.0. The Morgan fingerprint density at radius 3 is 1.74 bits per heavy atom. The van der Waals surface area contributed by atoms with Crippen LogP contribution in [0, 0.1) is 5.41 Å². The Kier molecular flexibility index (Phi) is 17.1. The number of nitrogens with one attached hydrogen (secondary N) is 7. The second kappa shape index (κ2) is 22.9. The lowest BCUT2D eigenvalue weighted by atomic mass is 9.85. The minimum Gasteiger partial charge on any atom is -0.348 e. The second-order valence-corrected chi connectivity index (χ2v) is 27.4. The summed E-state index contributed by atoms with van der Waals surface area (Å²) >= 11 is 0. The first-order valence-corrected chi connectivity index (χ1v) is 29.3. The first kappa shape index (κ1) is 53.9. The van der Waals surface area contributed by atoms with Crippen LogP contribution in [0.4, 0.5) is 0 Å². The van der Waals surface area contributed by atoms with E-state index in [1.165, 1.54) is 16.0 Å². The van der Waals surface area contributed by atoms with E-state index in [9.17, 15) is 33.6 Å². The molecular formula is C55H77N9O7Si. The molecule has 7 amide bonds. The number of benzene rings is 3. The van der Waals surface area contributed by atoms with Crippen molar-refractivity contribution in [2.75, 3.05) is 26.8 Å².